The van der Waals surface area contributed by atoms with Crippen molar-refractivity contribution in [3.8, 4) is 12.3 Å². The lowest BCUT2D eigenvalue weighted by atomic mass is 10.1. The van der Waals surface area contributed by atoms with E-state index in [1.165, 1.54) is 12.1 Å². The Morgan fingerprint density at radius 3 is 2.59 bits per heavy atom. The predicted molar refractivity (Wildman–Crippen MR) is 90.5 cm³/mol. The summed E-state index contributed by atoms with van der Waals surface area (Å²) in [6.45, 7) is -1.03. The molecule has 2 aromatic carbocycles. The summed E-state index contributed by atoms with van der Waals surface area (Å²) < 4.78 is 41.9. The summed E-state index contributed by atoms with van der Waals surface area (Å²) >= 11 is 0. The molecular weight excluding hydrogens is 365 g/mol. The van der Waals surface area contributed by atoms with Crippen molar-refractivity contribution in [1.82, 2.24) is 5.48 Å². The summed E-state index contributed by atoms with van der Waals surface area (Å²) in [7, 11) is 0. The molecule has 0 fully saturated rings. The molecule has 0 unspecified atom stereocenters. The van der Waals surface area contributed by atoms with Crippen LogP contribution in [0.1, 0.15) is 15.9 Å². The van der Waals surface area contributed by atoms with Crippen LogP contribution in [0.4, 0.5) is 24.5 Å². The van der Waals surface area contributed by atoms with Crippen LogP contribution in [-0.4, -0.2) is 35.4 Å². The number of amides is 1. The number of carbonyl (C=O) groups excluding carboxylic acids is 1. The fourth-order valence-electron chi connectivity index (χ4n) is 2.01. The van der Waals surface area contributed by atoms with E-state index >= 15 is 0 Å². The molecule has 4 N–H and O–H groups in total. The average Bonchev–Trinajstić information content (AvgIpc) is 2.66. The van der Waals surface area contributed by atoms with Crippen LogP contribution in [-0.2, 0) is 4.84 Å². The lowest BCUT2D eigenvalue weighted by Crippen LogP contribution is -2.30. The minimum atomic E-state index is -1.40. The second-order valence-electron chi connectivity index (χ2n) is 5.33. The molecule has 0 aromatic heterocycles. The van der Waals surface area contributed by atoms with Gasteiger partial charge in [-0.1, -0.05) is 5.92 Å². The first-order chi connectivity index (χ1) is 12.9. The van der Waals surface area contributed by atoms with Gasteiger partial charge < -0.3 is 15.5 Å². The lowest BCUT2D eigenvalue weighted by molar-refractivity contribution is -0.0295. The number of anilines is 2. The highest BCUT2D eigenvalue weighted by atomic mass is 19.2. The number of hydrogen-bond donors (Lipinski definition) is 4. The maximum Gasteiger partial charge on any atom is 0.277 e. The maximum absolute atomic E-state index is 14.2. The molecule has 0 aliphatic heterocycles. The minimum Gasteiger partial charge on any atom is -0.394 e. The van der Waals surface area contributed by atoms with E-state index in [-0.39, 0.29) is 16.8 Å². The summed E-state index contributed by atoms with van der Waals surface area (Å²) in [5, 5.41) is 20.1. The number of rotatable bonds is 7. The van der Waals surface area contributed by atoms with Gasteiger partial charge in [-0.3, -0.25) is 9.63 Å². The third-order valence-electron chi connectivity index (χ3n) is 3.39. The van der Waals surface area contributed by atoms with Crippen molar-refractivity contribution < 1.29 is 33.0 Å². The van der Waals surface area contributed by atoms with Gasteiger partial charge >= 0.3 is 0 Å². The van der Waals surface area contributed by atoms with E-state index < -0.39 is 48.4 Å². The first-order valence-electron chi connectivity index (χ1n) is 7.59. The Hall–Kier alpha value is -3.06. The molecule has 0 heterocycles. The third-order valence-corrected chi connectivity index (χ3v) is 3.39. The van der Waals surface area contributed by atoms with E-state index in [0.717, 1.165) is 18.2 Å². The average molecular weight is 380 g/mol. The fourth-order valence-corrected chi connectivity index (χ4v) is 2.01. The van der Waals surface area contributed by atoms with Crippen LogP contribution in [0.5, 0.6) is 0 Å². The number of terminal acetylenes is 1. The van der Waals surface area contributed by atoms with E-state index in [1.807, 2.05) is 5.48 Å². The number of carbonyl (C=O) groups is 1. The standard InChI is InChI=1S/C18H15F3N2O4/c1-2-10-3-6-15(14(20)7-10)22-17-12(4-5-13(19)16(17)21)18(26)23-27-9-11(25)8-24/h1,3-7,11,22,24-25H,8-9H2,(H,23,26)/t11-/m1/s1. The van der Waals surface area contributed by atoms with Crippen LogP contribution in [0.15, 0.2) is 30.3 Å². The number of aliphatic hydroxyl groups excluding tert-OH is 2. The van der Waals surface area contributed by atoms with Gasteiger partial charge in [-0.05, 0) is 30.3 Å². The van der Waals surface area contributed by atoms with E-state index in [2.05, 4.69) is 16.1 Å². The Bertz CT molecular complexity index is 884. The molecule has 142 valence electrons. The maximum atomic E-state index is 14.2. The van der Waals surface area contributed by atoms with Gasteiger partial charge in [-0.15, -0.1) is 6.42 Å². The Morgan fingerprint density at radius 1 is 1.22 bits per heavy atom. The third kappa shape index (κ3) is 4.98. The predicted octanol–water partition coefficient (Wildman–Crippen LogP) is 1.84. The van der Waals surface area contributed by atoms with Crippen molar-refractivity contribution >= 4 is 17.3 Å². The van der Waals surface area contributed by atoms with Crippen LogP contribution in [0.25, 0.3) is 0 Å². The normalized spacial score (nSPS) is 11.6. The smallest absolute Gasteiger partial charge is 0.277 e. The van der Waals surface area contributed by atoms with Gasteiger partial charge in [0.2, 0.25) is 0 Å². The molecule has 0 spiro atoms. The molecule has 0 aliphatic carbocycles. The fraction of sp³-hybridized carbons (Fsp3) is 0.167. The molecule has 9 heteroatoms. The van der Waals surface area contributed by atoms with Crippen LogP contribution >= 0.6 is 0 Å². The molecule has 0 aliphatic rings. The van der Waals surface area contributed by atoms with E-state index in [1.54, 1.807) is 0 Å². The number of hydroxylamine groups is 1. The van der Waals surface area contributed by atoms with Crippen molar-refractivity contribution in [1.29, 1.82) is 0 Å². The largest absolute Gasteiger partial charge is 0.394 e. The molecule has 0 saturated heterocycles. The summed E-state index contributed by atoms with van der Waals surface area (Å²) in [5.74, 6) is -2.25. The highest BCUT2D eigenvalue weighted by Crippen LogP contribution is 2.28. The van der Waals surface area contributed by atoms with Crippen LogP contribution in [0.3, 0.4) is 0 Å². The van der Waals surface area contributed by atoms with Crippen molar-refractivity contribution in [2.45, 2.75) is 6.10 Å². The van der Waals surface area contributed by atoms with E-state index in [9.17, 15) is 18.0 Å². The molecule has 1 atom stereocenters. The SMILES string of the molecule is C#Cc1ccc(Nc2c(C(=O)NOC[C@H](O)CO)ccc(F)c2F)c(F)c1. The second kappa shape index (κ2) is 9.05. The molecular formula is C18H15F3N2O4. The molecule has 27 heavy (non-hydrogen) atoms. The molecule has 6 nitrogen and oxygen atoms in total. The summed E-state index contributed by atoms with van der Waals surface area (Å²) in [5.41, 5.74) is 0.919. The minimum absolute atomic E-state index is 0.232. The van der Waals surface area contributed by atoms with Crippen LogP contribution in [0.2, 0.25) is 0 Å². The number of halogens is 3. The zero-order valence-electron chi connectivity index (χ0n) is 13.8. The molecule has 0 saturated carbocycles. The van der Waals surface area contributed by atoms with Gasteiger partial charge in [0.25, 0.3) is 5.91 Å². The first-order valence-corrected chi connectivity index (χ1v) is 7.59. The van der Waals surface area contributed by atoms with Crippen molar-refractivity contribution in [2.24, 2.45) is 0 Å². The zero-order valence-corrected chi connectivity index (χ0v) is 13.8. The summed E-state index contributed by atoms with van der Waals surface area (Å²) in [6, 6.07) is 5.29. The number of aliphatic hydroxyl groups is 2. The van der Waals surface area contributed by atoms with Crippen LogP contribution in [0, 0.1) is 29.8 Å². The van der Waals surface area contributed by atoms with Gasteiger partial charge in [0.15, 0.2) is 11.6 Å². The van der Waals surface area contributed by atoms with Gasteiger partial charge in [-0.25, -0.2) is 18.7 Å². The first kappa shape index (κ1) is 20.3. The molecule has 0 radical (unpaired) electrons. The number of hydrogen-bond acceptors (Lipinski definition) is 5. The van der Waals surface area contributed by atoms with Crippen LogP contribution < -0.4 is 10.8 Å². The quantitative estimate of drug-likeness (QED) is 0.435. The topological polar surface area (TPSA) is 90.8 Å². The Labute approximate surface area is 152 Å². The van der Waals surface area contributed by atoms with Crippen molar-refractivity contribution in [2.75, 3.05) is 18.5 Å². The van der Waals surface area contributed by atoms with Crippen molar-refractivity contribution in [3.63, 3.8) is 0 Å². The number of nitrogens with one attached hydrogen (secondary N) is 2. The molecule has 1 amide bonds. The Morgan fingerprint density at radius 2 is 1.96 bits per heavy atom. The molecule has 0 bridgehead atoms. The number of benzene rings is 2. The van der Waals surface area contributed by atoms with Crippen molar-refractivity contribution in [3.05, 3.63) is 58.9 Å². The van der Waals surface area contributed by atoms with Gasteiger partial charge in [-0.2, -0.15) is 0 Å². The summed E-state index contributed by atoms with van der Waals surface area (Å²) in [6.07, 6.45) is 3.92. The van der Waals surface area contributed by atoms with E-state index in [0.29, 0.717) is 0 Å². The second-order valence-corrected chi connectivity index (χ2v) is 5.33. The molecule has 2 rings (SSSR count). The van der Waals surface area contributed by atoms with Gasteiger partial charge in [0.05, 0.1) is 23.5 Å². The lowest BCUT2D eigenvalue weighted by Gasteiger charge is -2.15. The zero-order chi connectivity index (χ0) is 20.0. The van der Waals surface area contributed by atoms with Gasteiger partial charge in [0.1, 0.15) is 18.5 Å². The van der Waals surface area contributed by atoms with Gasteiger partial charge in [0, 0.05) is 5.56 Å². The molecule has 2 aromatic rings. The Balaban J connectivity index is 2.29. The highest BCUT2D eigenvalue weighted by molar-refractivity contribution is 6.00. The monoisotopic (exact) mass is 380 g/mol. The summed E-state index contributed by atoms with van der Waals surface area (Å²) in [4.78, 5) is 16.8. The highest BCUT2D eigenvalue weighted by Gasteiger charge is 2.20. The Kier molecular flexibility index (Phi) is 6.79. The van der Waals surface area contributed by atoms with E-state index in [4.69, 9.17) is 16.6 Å².